The third-order valence-electron chi connectivity index (χ3n) is 9.06. The van der Waals surface area contributed by atoms with Gasteiger partial charge < -0.3 is 4.42 Å². The first-order chi connectivity index (χ1) is 22.3. The molecule has 0 saturated heterocycles. The van der Waals surface area contributed by atoms with Gasteiger partial charge in [-0.3, -0.25) is 0 Å². The summed E-state index contributed by atoms with van der Waals surface area (Å²) in [5, 5.41) is 7.25. The molecule has 1 heteroatoms. The number of para-hydroxylation sites is 1. The normalized spacial score (nSPS) is 11.6. The minimum absolute atomic E-state index is 0.901. The van der Waals surface area contributed by atoms with E-state index in [-0.39, 0.29) is 0 Å². The molecule has 0 aliphatic rings. The predicted molar refractivity (Wildman–Crippen MR) is 190 cm³/mol. The van der Waals surface area contributed by atoms with Crippen LogP contribution in [0.5, 0.6) is 0 Å². The maximum Gasteiger partial charge on any atom is 0.143 e. The van der Waals surface area contributed by atoms with Gasteiger partial charge in [-0.05, 0) is 78.7 Å². The largest absolute Gasteiger partial charge is 0.455 e. The monoisotopic (exact) mass is 572 g/mol. The summed E-state index contributed by atoms with van der Waals surface area (Å²) in [6.45, 7) is 0. The van der Waals surface area contributed by atoms with Gasteiger partial charge in [0.25, 0.3) is 0 Å². The molecule has 9 aromatic rings. The molecule has 1 nitrogen and oxygen atoms in total. The fourth-order valence-electron chi connectivity index (χ4n) is 7.01. The van der Waals surface area contributed by atoms with Gasteiger partial charge in [0, 0.05) is 16.3 Å². The Morgan fingerprint density at radius 1 is 0.289 bits per heavy atom. The number of furan rings is 1. The highest BCUT2D eigenvalue weighted by Crippen LogP contribution is 2.46. The Kier molecular flexibility index (Phi) is 5.89. The Labute approximate surface area is 261 Å². The van der Waals surface area contributed by atoms with E-state index < -0.39 is 0 Å². The zero-order valence-electron chi connectivity index (χ0n) is 24.6. The zero-order chi connectivity index (χ0) is 29.7. The Bertz CT molecular complexity index is 2510. The van der Waals surface area contributed by atoms with E-state index in [4.69, 9.17) is 4.42 Å². The molecule has 0 atom stereocenters. The van der Waals surface area contributed by atoms with Crippen LogP contribution in [0.4, 0.5) is 0 Å². The van der Waals surface area contributed by atoms with Crippen LogP contribution in [0.1, 0.15) is 0 Å². The van der Waals surface area contributed by atoms with E-state index in [0.717, 1.165) is 33.1 Å². The molecule has 0 unspecified atom stereocenters. The molecule has 0 aliphatic heterocycles. The van der Waals surface area contributed by atoms with Crippen LogP contribution in [-0.4, -0.2) is 0 Å². The fraction of sp³-hybridized carbons (Fsp3) is 0. The summed E-state index contributed by atoms with van der Waals surface area (Å²) >= 11 is 0. The van der Waals surface area contributed by atoms with Gasteiger partial charge in [-0.1, -0.05) is 152 Å². The van der Waals surface area contributed by atoms with Crippen molar-refractivity contribution in [1.29, 1.82) is 0 Å². The topological polar surface area (TPSA) is 13.1 Å². The molecule has 0 saturated carbocycles. The molecule has 0 fully saturated rings. The Hall–Kier alpha value is -5.92. The highest BCUT2D eigenvalue weighted by molar-refractivity contribution is 6.23. The molecule has 210 valence electrons. The van der Waals surface area contributed by atoms with Gasteiger partial charge in [0.2, 0.25) is 0 Å². The summed E-state index contributed by atoms with van der Waals surface area (Å²) in [7, 11) is 0. The molecule has 45 heavy (non-hydrogen) atoms. The second-order valence-electron chi connectivity index (χ2n) is 11.6. The third kappa shape index (κ3) is 4.17. The third-order valence-corrected chi connectivity index (χ3v) is 9.06. The van der Waals surface area contributed by atoms with Crippen molar-refractivity contribution < 1.29 is 4.42 Å². The van der Waals surface area contributed by atoms with E-state index in [9.17, 15) is 0 Å². The number of benzene rings is 8. The maximum absolute atomic E-state index is 6.55. The lowest BCUT2D eigenvalue weighted by Crippen LogP contribution is -1.91. The van der Waals surface area contributed by atoms with Crippen LogP contribution in [0.3, 0.4) is 0 Å². The lowest BCUT2D eigenvalue weighted by Gasteiger charge is -2.19. The van der Waals surface area contributed by atoms with Crippen molar-refractivity contribution in [2.45, 2.75) is 0 Å². The number of hydrogen-bond donors (Lipinski definition) is 0. The van der Waals surface area contributed by atoms with Crippen LogP contribution in [-0.2, 0) is 0 Å². The first kappa shape index (κ1) is 25.6. The zero-order valence-corrected chi connectivity index (χ0v) is 24.6. The van der Waals surface area contributed by atoms with Crippen LogP contribution in [0.25, 0.3) is 88.0 Å². The van der Waals surface area contributed by atoms with Crippen molar-refractivity contribution in [3.8, 4) is 44.5 Å². The van der Waals surface area contributed by atoms with Gasteiger partial charge in [0.05, 0.1) is 0 Å². The molecule has 1 aromatic heterocycles. The van der Waals surface area contributed by atoms with Crippen LogP contribution in [0.15, 0.2) is 174 Å². The van der Waals surface area contributed by atoms with Gasteiger partial charge in [0.15, 0.2) is 0 Å². The van der Waals surface area contributed by atoms with Gasteiger partial charge >= 0.3 is 0 Å². The Balaban J connectivity index is 1.35. The summed E-state index contributed by atoms with van der Waals surface area (Å²) < 4.78 is 6.55. The van der Waals surface area contributed by atoms with Gasteiger partial charge in [-0.25, -0.2) is 0 Å². The van der Waals surface area contributed by atoms with Crippen LogP contribution >= 0.6 is 0 Å². The average molecular weight is 573 g/mol. The Morgan fingerprint density at radius 3 is 1.53 bits per heavy atom. The predicted octanol–water partition coefficient (Wildman–Crippen LogP) is 12.6. The lowest BCUT2D eigenvalue weighted by molar-refractivity contribution is 0.670. The second-order valence-corrected chi connectivity index (χ2v) is 11.6. The first-order valence-corrected chi connectivity index (χ1v) is 15.4. The molecular weight excluding hydrogens is 544 g/mol. The standard InChI is InChI=1S/C44H28O/c1-4-13-29(14-5-1)32-23-25-37-40(27-32)42(31-17-8-3-9-18-31)35-19-10-11-20-36(35)43(37)33-24-26-41-39(28-33)38-22-12-21-34(44(38)45-41)30-15-6-2-7-16-30/h1-28H. The molecule has 8 aromatic carbocycles. The summed E-state index contributed by atoms with van der Waals surface area (Å²) in [5.41, 5.74) is 11.5. The molecule has 1 heterocycles. The summed E-state index contributed by atoms with van der Waals surface area (Å²) in [5.74, 6) is 0. The van der Waals surface area contributed by atoms with Crippen molar-refractivity contribution in [2.75, 3.05) is 0 Å². The van der Waals surface area contributed by atoms with Crippen molar-refractivity contribution in [3.63, 3.8) is 0 Å². The van der Waals surface area contributed by atoms with Crippen LogP contribution in [0, 0.1) is 0 Å². The second kappa shape index (κ2) is 10.4. The molecule has 0 aliphatic carbocycles. The number of hydrogen-bond acceptors (Lipinski definition) is 1. The molecule has 0 radical (unpaired) electrons. The minimum atomic E-state index is 0.901. The van der Waals surface area contributed by atoms with Crippen LogP contribution < -0.4 is 0 Å². The van der Waals surface area contributed by atoms with E-state index in [1.165, 1.54) is 54.9 Å². The van der Waals surface area contributed by atoms with E-state index in [1.54, 1.807) is 0 Å². The Morgan fingerprint density at radius 2 is 0.822 bits per heavy atom. The van der Waals surface area contributed by atoms with Crippen molar-refractivity contribution >= 4 is 43.5 Å². The van der Waals surface area contributed by atoms with Gasteiger partial charge in [0.1, 0.15) is 11.2 Å². The number of fused-ring (bicyclic) bond motifs is 5. The SMILES string of the molecule is c1ccc(-c2ccc3c(-c4ccc5oc6c(-c7ccccc7)cccc6c5c4)c4ccccc4c(-c4ccccc4)c3c2)cc1. The average Bonchev–Trinajstić information content (AvgIpc) is 3.49. The first-order valence-electron chi connectivity index (χ1n) is 15.4. The molecule has 0 N–H and O–H groups in total. The van der Waals surface area contributed by atoms with E-state index in [2.05, 4.69) is 170 Å². The molecular formula is C44H28O. The smallest absolute Gasteiger partial charge is 0.143 e. The van der Waals surface area contributed by atoms with E-state index >= 15 is 0 Å². The maximum atomic E-state index is 6.55. The fourth-order valence-corrected chi connectivity index (χ4v) is 7.01. The van der Waals surface area contributed by atoms with Crippen molar-refractivity contribution in [2.24, 2.45) is 0 Å². The van der Waals surface area contributed by atoms with Gasteiger partial charge in [-0.15, -0.1) is 0 Å². The lowest BCUT2D eigenvalue weighted by atomic mass is 9.84. The quantitative estimate of drug-likeness (QED) is 0.191. The molecule has 0 amide bonds. The van der Waals surface area contributed by atoms with Crippen LogP contribution in [0.2, 0.25) is 0 Å². The number of rotatable bonds is 4. The summed E-state index contributed by atoms with van der Waals surface area (Å²) in [6, 6.07) is 60.9. The summed E-state index contributed by atoms with van der Waals surface area (Å²) in [6.07, 6.45) is 0. The van der Waals surface area contributed by atoms with Crippen molar-refractivity contribution in [3.05, 3.63) is 170 Å². The van der Waals surface area contributed by atoms with Gasteiger partial charge in [-0.2, -0.15) is 0 Å². The van der Waals surface area contributed by atoms with E-state index in [0.29, 0.717) is 0 Å². The highest BCUT2D eigenvalue weighted by atomic mass is 16.3. The van der Waals surface area contributed by atoms with Crippen molar-refractivity contribution in [1.82, 2.24) is 0 Å². The molecule has 0 spiro atoms. The summed E-state index contributed by atoms with van der Waals surface area (Å²) in [4.78, 5) is 0. The molecule has 0 bridgehead atoms. The van der Waals surface area contributed by atoms with E-state index in [1.807, 2.05) is 0 Å². The highest BCUT2D eigenvalue weighted by Gasteiger charge is 2.19. The minimum Gasteiger partial charge on any atom is -0.455 e. The molecule has 9 rings (SSSR count).